The smallest absolute Gasteiger partial charge is 0.129 e. The molecular weight excluding hydrogens is 1090 g/mol. The van der Waals surface area contributed by atoms with E-state index in [0.717, 1.165) is 5.84 Å². The Morgan fingerprint density at radius 1 is 0.322 bits per heavy atom. The predicted octanol–water partition coefficient (Wildman–Crippen LogP) is 20.4. The van der Waals surface area contributed by atoms with Crippen LogP contribution in [-0.4, -0.2) is 24.3 Å². The summed E-state index contributed by atoms with van der Waals surface area (Å²) in [4.78, 5) is 5.15. The van der Waals surface area contributed by atoms with Crippen molar-refractivity contribution in [1.82, 2.24) is 26.6 Å². The Hall–Kier alpha value is -8.23. The van der Waals surface area contributed by atoms with Crippen LogP contribution in [0.5, 0.6) is 0 Å². The largest absolute Gasteiger partial charge is 0.359 e. The van der Waals surface area contributed by atoms with Gasteiger partial charge in [-0.05, 0) is 252 Å². The van der Waals surface area contributed by atoms with Crippen molar-refractivity contribution in [3.05, 3.63) is 200 Å². The molecule has 2 aliphatic heterocycles. The van der Waals surface area contributed by atoms with E-state index in [1.165, 1.54) is 184 Å². The molecular formula is C84H82N6. The Bertz CT molecular complexity index is 5430. The number of nitrogens with zero attached hydrogens (tertiary/aromatic N) is 1. The van der Waals surface area contributed by atoms with Crippen molar-refractivity contribution in [2.24, 2.45) is 4.99 Å². The van der Waals surface area contributed by atoms with E-state index in [2.05, 4.69) is 283 Å². The number of hydrogen-bond acceptors (Lipinski definition) is 6. The molecule has 14 aromatic carbocycles. The lowest BCUT2D eigenvalue weighted by Crippen LogP contribution is -2.61. The molecule has 0 aromatic heterocycles. The number of benzene rings is 12. The summed E-state index contributed by atoms with van der Waals surface area (Å²) >= 11 is 0. The van der Waals surface area contributed by atoms with Crippen molar-refractivity contribution < 1.29 is 0 Å². The van der Waals surface area contributed by atoms with Gasteiger partial charge in [0, 0.05) is 0 Å². The average molecular weight is 1180 g/mol. The Morgan fingerprint density at radius 3 is 1.26 bits per heavy atom. The Kier molecular flexibility index (Phi) is 11.6. The molecule has 0 radical (unpaired) electrons. The van der Waals surface area contributed by atoms with Crippen LogP contribution in [0.1, 0.15) is 156 Å². The van der Waals surface area contributed by atoms with E-state index in [9.17, 15) is 0 Å². The molecule has 1 saturated heterocycles. The average Bonchev–Trinajstić information content (AvgIpc) is 1.48. The number of amidine groups is 1. The van der Waals surface area contributed by atoms with Crippen LogP contribution in [0, 0.1) is 20.9 Å². The number of fused-ring (bicyclic) bond motifs is 10. The van der Waals surface area contributed by atoms with Crippen LogP contribution in [0.2, 0.25) is 0 Å². The van der Waals surface area contributed by atoms with Crippen LogP contribution in [0.3, 0.4) is 0 Å². The molecule has 448 valence electrons. The normalized spacial score (nSPS) is 19.4. The van der Waals surface area contributed by atoms with E-state index in [-0.39, 0.29) is 52.5 Å². The van der Waals surface area contributed by atoms with Crippen LogP contribution < -0.4 is 26.6 Å². The molecule has 14 aromatic rings. The van der Waals surface area contributed by atoms with Gasteiger partial charge >= 0.3 is 0 Å². The van der Waals surface area contributed by atoms with E-state index >= 15 is 0 Å². The fraction of sp³-hybridized carbons (Fsp3) is 0.298. The van der Waals surface area contributed by atoms with Crippen LogP contribution >= 0.6 is 0 Å². The first-order valence-corrected chi connectivity index (χ1v) is 33.0. The molecule has 0 amide bonds. The van der Waals surface area contributed by atoms with Crippen LogP contribution in [0.25, 0.3) is 130 Å². The van der Waals surface area contributed by atoms with Gasteiger partial charge in [-0.2, -0.15) is 0 Å². The minimum atomic E-state index is -0.158. The third-order valence-corrected chi connectivity index (χ3v) is 21.2. The topological polar surface area (TPSA) is 72.5 Å². The predicted molar refractivity (Wildman–Crippen MR) is 385 cm³/mol. The molecule has 0 bridgehead atoms. The van der Waals surface area contributed by atoms with E-state index in [0.29, 0.717) is 0 Å². The number of aliphatic imine (C=N–C) groups is 1. The van der Waals surface area contributed by atoms with Crippen molar-refractivity contribution in [3.63, 3.8) is 0 Å². The maximum Gasteiger partial charge on any atom is 0.129 e. The Balaban J connectivity index is 1.05. The quantitative estimate of drug-likeness (QED) is 0.0897. The van der Waals surface area contributed by atoms with Crippen molar-refractivity contribution in [2.75, 3.05) is 0 Å². The van der Waals surface area contributed by atoms with Gasteiger partial charge in [0.05, 0.1) is 30.5 Å². The number of nitrogens with one attached hydrogen (secondary N) is 5. The van der Waals surface area contributed by atoms with Gasteiger partial charge in [-0.25, -0.2) is 4.99 Å². The SMILES string of the molecule is CC1=NC(c2ccc3c4cc5c(-c6cc(C(C)(C)C)cc(C(C)(C)C)c6)c6c7ccc8c9ccc%10c%11c(ccc(c%12ccc(c6c(-c6cc(C(C)(C)C)cc(C(C)(C)C)c6)c5cc4c4cccc2c43)c7c%128)c%119)=c2ccc(C3NC(C)NC(C)N3)cc2=%10)NC(C)N1. The molecule has 6 heteroatoms. The van der Waals surface area contributed by atoms with Gasteiger partial charge in [0.25, 0.3) is 0 Å². The van der Waals surface area contributed by atoms with Crippen molar-refractivity contribution in [2.45, 2.75) is 163 Å². The van der Waals surface area contributed by atoms with Crippen LogP contribution in [0.4, 0.5) is 0 Å². The molecule has 6 nitrogen and oxygen atoms in total. The van der Waals surface area contributed by atoms with Gasteiger partial charge in [-0.3, -0.25) is 21.3 Å². The van der Waals surface area contributed by atoms with Gasteiger partial charge in [-0.15, -0.1) is 0 Å². The second-order valence-corrected chi connectivity index (χ2v) is 31.4. The van der Waals surface area contributed by atoms with E-state index in [1.54, 1.807) is 0 Å². The summed E-state index contributed by atoms with van der Waals surface area (Å²) < 4.78 is 0. The molecule has 0 saturated carbocycles. The molecule has 1 fully saturated rings. The first-order valence-electron chi connectivity index (χ1n) is 33.0. The zero-order chi connectivity index (χ0) is 62.3. The molecule has 4 unspecified atom stereocenters. The Labute approximate surface area is 527 Å². The van der Waals surface area contributed by atoms with Crippen molar-refractivity contribution in [1.29, 1.82) is 0 Å². The molecule has 3 aliphatic rings. The molecule has 17 rings (SSSR count). The highest BCUT2D eigenvalue weighted by Crippen LogP contribution is 2.57. The Morgan fingerprint density at radius 2 is 0.744 bits per heavy atom. The lowest BCUT2D eigenvalue weighted by atomic mass is 9.76. The minimum absolute atomic E-state index is 0.0538. The lowest BCUT2D eigenvalue weighted by molar-refractivity contribution is 0.223. The van der Waals surface area contributed by atoms with Gasteiger partial charge in [0.2, 0.25) is 0 Å². The first kappa shape index (κ1) is 55.8. The summed E-state index contributed by atoms with van der Waals surface area (Å²) in [6.07, 6.45) is 0.396. The zero-order valence-corrected chi connectivity index (χ0v) is 55.2. The lowest BCUT2D eigenvalue weighted by Gasteiger charge is -2.36. The van der Waals surface area contributed by atoms with Gasteiger partial charge in [-0.1, -0.05) is 210 Å². The standard InChI is InChI=1S/C84H82N6/c1-41-85-42(2)88-79(87-41)45-20-21-52-55-22-23-56-58-27-30-63-76-64(31-28-59(75(58)76)57-24-25-61(65(52)36-45)73(55)74(56)57)78-71(47-34-50(83(11,12)13)38-51(35-47)84(14,15)16)69-40-67-60-26-29-62(80-89-43(3)86-44(4)90-80)53-18-17-19-54(72(53)60)66(67)39-68(69)70(77(63)78)46-32-48(81(5,6)7)37-49(33-46)82(8,9)10/h17-43,79-80,85,87-89H,1-16H3,(H,86,90). The fourth-order valence-corrected chi connectivity index (χ4v) is 16.7. The third-order valence-electron chi connectivity index (χ3n) is 21.2. The highest BCUT2D eigenvalue weighted by atomic mass is 15.3. The third kappa shape index (κ3) is 8.06. The molecule has 90 heavy (non-hydrogen) atoms. The minimum Gasteiger partial charge on any atom is -0.359 e. The number of hydrogen-bond donors (Lipinski definition) is 5. The molecule has 2 heterocycles. The van der Waals surface area contributed by atoms with Crippen molar-refractivity contribution >= 4 is 114 Å². The highest BCUT2D eigenvalue weighted by molar-refractivity contribution is 6.47. The maximum atomic E-state index is 5.15. The van der Waals surface area contributed by atoms with Gasteiger partial charge < -0.3 is 5.32 Å². The van der Waals surface area contributed by atoms with E-state index in [4.69, 9.17) is 4.99 Å². The molecule has 4 atom stereocenters. The number of rotatable bonds is 4. The van der Waals surface area contributed by atoms with Gasteiger partial charge in [0.1, 0.15) is 6.17 Å². The van der Waals surface area contributed by atoms with Crippen molar-refractivity contribution in [3.8, 4) is 22.3 Å². The molecule has 1 aliphatic carbocycles. The zero-order valence-electron chi connectivity index (χ0n) is 55.2. The van der Waals surface area contributed by atoms with E-state index < -0.39 is 0 Å². The summed E-state index contributed by atoms with van der Waals surface area (Å²) in [6.45, 7) is 37.3. The second-order valence-electron chi connectivity index (χ2n) is 31.4. The molecule has 5 N–H and O–H groups in total. The van der Waals surface area contributed by atoms with Crippen LogP contribution in [0.15, 0.2) is 151 Å². The summed E-state index contributed by atoms with van der Waals surface area (Å²) in [5.41, 5.74) is 12.6. The first-order chi connectivity index (χ1) is 42.8. The summed E-state index contributed by atoms with van der Waals surface area (Å²) in [5.74, 6) is 0.956. The summed E-state index contributed by atoms with van der Waals surface area (Å²) in [7, 11) is 0. The monoisotopic (exact) mass is 1170 g/mol. The fourth-order valence-electron chi connectivity index (χ4n) is 16.7. The van der Waals surface area contributed by atoms with Gasteiger partial charge in [0.15, 0.2) is 0 Å². The maximum absolute atomic E-state index is 5.15. The van der Waals surface area contributed by atoms with Crippen LogP contribution in [-0.2, 0) is 21.7 Å². The highest BCUT2D eigenvalue weighted by Gasteiger charge is 2.32. The summed E-state index contributed by atoms with van der Waals surface area (Å²) in [6, 6.07) is 59.2. The molecule has 0 spiro atoms. The van der Waals surface area contributed by atoms with E-state index in [1.807, 2.05) is 0 Å². The second kappa shape index (κ2) is 18.7. The summed E-state index contributed by atoms with van der Waals surface area (Å²) in [5, 5.41) is 49.9.